The van der Waals surface area contributed by atoms with Crippen LogP contribution in [0.3, 0.4) is 0 Å². The predicted molar refractivity (Wildman–Crippen MR) is 85.5 cm³/mol. The Labute approximate surface area is 135 Å². The van der Waals surface area contributed by atoms with Crippen LogP contribution in [0.25, 0.3) is 0 Å². The highest BCUT2D eigenvalue weighted by Gasteiger charge is 2.38. The normalized spacial score (nSPS) is 23.2. The van der Waals surface area contributed by atoms with Gasteiger partial charge in [0.1, 0.15) is 6.04 Å². The number of carbonyl (C=O) groups excluding carboxylic acids is 2. The van der Waals surface area contributed by atoms with Crippen LogP contribution in [0, 0.1) is 5.92 Å². The summed E-state index contributed by atoms with van der Waals surface area (Å²) in [5.41, 5.74) is 0.713. The molecule has 118 valence electrons. The van der Waals surface area contributed by atoms with Gasteiger partial charge in [0.2, 0.25) is 11.8 Å². The van der Waals surface area contributed by atoms with Gasteiger partial charge >= 0.3 is 0 Å². The van der Waals surface area contributed by atoms with E-state index >= 15 is 0 Å². The Bertz CT molecular complexity index is 570. The Morgan fingerprint density at radius 3 is 2.64 bits per heavy atom. The van der Waals surface area contributed by atoms with Crippen molar-refractivity contribution >= 4 is 23.4 Å². The number of benzene rings is 1. The molecule has 2 amide bonds. The maximum Gasteiger partial charge on any atom is 0.247 e. The Morgan fingerprint density at radius 2 is 1.91 bits per heavy atom. The van der Waals surface area contributed by atoms with E-state index < -0.39 is 6.04 Å². The molecule has 2 fully saturated rings. The Kier molecular flexibility index (Phi) is 4.67. The van der Waals surface area contributed by atoms with Gasteiger partial charge in [-0.05, 0) is 18.9 Å². The maximum atomic E-state index is 12.9. The molecule has 1 saturated heterocycles. The van der Waals surface area contributed by atoms with Crippen LogP contribution in [0.4, 0.5) is 0 Å². The van der Waals surface area contributed by atoms with Crippen molar-refractivity contribution in [2.75, 3.05) is 13.1 Å². The van der Waals surface area contributed by atoms with E-state index in [1.54, 1.807) is 11.0 Å². The number of nitrogens with zero attached hydrogens (tertiary/aromatic N) is 1. The zero-order valence-electron chi connectivity index (χ0n) is 12.6. The van der Waals surface area contributed by atoms with Crippen LogP contribution >= 0.6 is 11.6 Å². The maximum absolute atomic E-state index is 12.9. The first-order valence-electron chi connectivity index (χ1n) is 8.01. The van der Waals surface area contributed by atoms with Crippen molar-refractivity contribution in [2.24, 2.45) is 5.92 Å². The minimum absolute atomic E-state index is 0.0598. The lowest BCUT2D eigenvalue weighted by atomic mass is 9.87. The highest BCUT2D eigenvalue weighted by Crippen LogP contribution is 2.33. The van der Waals surface area contributed by atoms with Crippen LogP contribution in [0.1, 0.15) is 43.7 Å². The lowest BCUT2D eigenvalue weighted by Crippen LogP contribution is -2.53. The van der Waals surface area contributed by atoms with Crippen molar-refractivity contribution in [3.8, 4) is 0 Å². The van der Waals surface area contributed by atoms with Crippen molar-refractivity contribution in [3.05, 3.63) is 34.9 Å². The molecule has 1 unspecified atom stereocenters. The van der Waals surface area contributed by atoms with Crippen LogP contribution in [0.5, 0.6) is 0 Å². The summed E-state index contributed by atoms with van der Waals surface area (Å²) in [6, 6.07) is 6.68. The first-order chi connectivity index (χ1) is 10.7. The zero-order valence-corrected chi connectivity index (χ0v) is 13.3. The number of piperazine rings is 1. The molecule has 0 spiro atoms. The highest BCUT2D eigenvalue weighted by atomic mass is 35.5. The second-order valence-corrected chi connectivity index (χ2v) is 6.49. The number of hydrogen-bond donors (Lipinski definition) is 1. The molecule has 0 aromatic heterocycles. The molecule has 5 heteroatoms. The number of rotatable bonds is 2. The first kappa shape index (κ1) is 15.3. The topological polar surface area (TPSA) is 49.4 Å². The number of halogens is 1. The van der Waals surface area contributed by atoms with Gasteiger partial charge in [0.15, 0.2) is 0 Å². The smallest absolute Gasteiger partial charge is 0.247 e. The minimum atomic E-state index is -0.600. The van der Waals surface area contributed by atoms with E-state index in [2.05, 4.69) is 5.32 Å². The largest absolute Gasteiger partial charge is 0.352 e. The fraction of sp³-hybridized carbons (Fsp3) is 0.529. The molecule has 4 nitrogen and oxygen atoms in total. The molecule has 1 heterocycles. The van der Waals surface area contributed by atoms with E-state index in [-0.39, 0.29) is 17.7 Å². The molecule has 1 N–H and O–H groups in total. The summed E-state index contributed by atoms with van der Waals surface area (Å²) in [4.78, 5) is 27.0. The van der Waals surface area contributed by atoms with Gasteiger partial charge in [0.05, 0.1) is 0 Å². The molecule has 1 aliphatic heterocycles. The van der Waals surface area contributed by atoms with Crippen LogP contribution in [-0.4, -0.2) is 29.8 Å². The second-order valence-electron chi connectivity index (χ2n) is 6.08. The van der Waals surface area contributed by atoms with Gasteiger partial charge in [-0.3, -0.25) is 9.59 Å². The Hall–Kier alpha value is -1.55. The second kappa shape index (κ2) is 6.69. The number of amides is 2. The van der Waals surface area contributed by atoms with E-state index in [1.165, 1.54) is 6.42 Å². The fourth-order valence-corrected chi connectivity index (χ4v) is 3.73. The Balaban J connectivity index is 1.88. The molecule has 3 rings (SSSR count). The van der Waals surface area contributed by atoms with Crippen molar-refractivity contribution < 1.29 is 9.59 Å². The van der Waals surface area contributed by atoms with E-state index in [1.807, 2.05) is 18.2 Å². The van der Waals surface area contributed by atoms with Crippen molar-refractivity contribution in [1.82, 2.24) is 10.2 Å². The van der Waals surface area contributed by atoms with Crippen LogP contribution in [-0.2, 0) is 9.59 Å². The summed E-state index contributed by atoms with van der Waals surface area (Å²) in [6.45, 7) is 1.06. The summed E-state index contributed by atoms with van der Waals surface area (Å²) in [7, 11) is 0. The lowest BCUT2D eigenvalue weighted by Gasteiger charge is -2.38. The quantitative estimate of drug-likeness (QED) is 0.911. The van der Waals surface area contributed by atoms with E-state index in [4.69, 9.17) is 11.6 Å². The summed E-state index contributed by atoms with van der Waals surface area (Å²) in [6.07, 6.45) is 5.29. The third-order valence-electron chi connectivity index (χ3n) is 4.65. The van der Waals surface area contributed by atoms with E-state index in [0.29, 0.717) is 23.7 Å². The number of nitrogens with one attached hydrogen (secondary N) is 1. The van der Waals surface area contributed by atoms with Gasteiger partial charge in [-0.1, -0.05) is 49.1 Å². The van der Waals surface area contributed by atoms with Crippen molar-refractivity contribution in [2.45, 2.75) is 38.1 Å². The minimum Gasteiger partial charge on any atom is -0.352 e. The molecule has 1 saturated carbocycles. The molecule has 2 aliphatic rings. The third kappa shape index (κ3) is 2.98. The predicted octanol–water partition coefficient (Wildman–Crippen LogP) is 2.92. The Morgan fingerprint density at radius 1 is 1.18 bits per heavy atom. The zero-order chi connectivity index (χ0) is 15.5. The summed E-state index contributed by atoms with van der Waals surface area (Å²) in [5.74, 6) is 0.0348. The lowest BCUT2D eigenvalue weighted by molar-refractivity contribution is -0.147. The van der Waals surface area contributed by atoms with Crippen molar-refractivity contribution in [1.29, 1.82) is 0 Å². The van der Waals surface area contributed by atoms with Crippen LogP contribution in [0.2, 0.25) is 5.02 Å². The molecular formula is C17H21ClN2O2. The molecule has 1 aliphatic carbocycles. The summed E-state index contributed by atoms with van der Waals surface area (Å²) in [5, 5.41) is 3.39. The van der Waals surface area contributed by atoms with Gasteiger partial charge in [0.25, 0.3) is 0 Å². The van der Waals surface area contributed by atoms with Gasteiger partial charge < -0.3 is 10.2 Å². The molecule has 1 aromatic carbocycles. The molecule has 0 bridgehead atoms. The number of hydrogen-bond acceptors (Lipinski definition) is 2. The van der Waals surface area contributed by atoms with Crippen LogP contribution in [0.15, 0.2) is 24.3 Å². The third-order valence-corrected chi connectivity index (χ3v) is 4.99. The fourth-order valence-electron chi connectivity index (χ4n) is 3.49. The summed E-state index contributed by atoms with van der Waals surface area (Å²) >= 11 is 6.26. The summed E-state index contributed by atoms with van der Waals surface area (Å²) < 4.78 is 0. The number of carbonyl (C=O) groups is 2. The van der Waals surface area contributed by atoms with Crippen molar-refractivity contribution in [3.63, 3.8) is 0 Å². The van der Waals surface area contributed by atoms with Crippen LogP contribution < -0.4 is 5.32 Å². The molecule has 1 atom stereocenters. The van der Waals surface area contributed by atoms with Gasteiger partial charge in [-0.25, -0.2) is 0 Å². The highest BCUT2D eigenvalue weighted by molar-refractivity contribution is 6.31. The van der Waals surface area contributed by atoms with Gasteiger partial charge in [0, 0.05) is 29.6 Å². The molecular weight excluding hydrogens is 300 g/mol. The van der Waals surface area contributed by atoms with Gasteiger partial charge in [-0.15, -0.1) is 0 Å². The van der Waals surface area contributed by atoms with Gasteiger partial charge in [-0.2, -0.15) is 0 Å². The molecule has 1 aromatic rings. The SMILES string of the molecule is O=C1NCCN(C(=O)C2CCCCC2)C1c1ccccc1Cl. The average molecular weight is 321 g/mol. The average Bonchev–Trinajstić information content (AvgIpc) is 2.56. The molecule has 0 radical (unpaired) electrons. The van der Waals surface area contributed by atoms with E-state index in [0.717, 1.165) is 25.7 Å². The first-order valence-corrected chi connectivity index (χ1v) is 8.39. The standard InChI is InChI=1S/C17H21ClN2O2/c18-14-9-5-4-8-13(14)15-16(21)19-10-11-20(15)17(22)12-6-2-1-3-7-12/h4-5,8-9,12,15H,1-3,6-7,10-11H2,(H,19,21). The monoisotopic (exact) mass is 320 g/mol. The van der Waals surface area contributed by atoms with E-state index in [9.17, 15) is 9.59 Å². The molecule has 22 heavy (non-hydrogen) atoms.